The van der Waals surface area contributed by atoms with Crippen molar-refractivity contribution in [3.8, 4) is 33.9 Å². The van der Waals surface area contributed by atoms with Crippen LogP contribution in [0.4, 0.5) is 17.6 Å². The number of hydrogen-bond donors (Lipinski definition) is 2. The van der Waals surface area contributed by atoms with Crippen LogP contribution >= 0.6 is 0 Å². The maximum atomic E-state index is 14.4. The molecule has 0 fully saturated rings. The Labute approximate surface area is 217 Å². The minimum absolute atomic E-state index is 0.194. The van der Waals surface area contributed by atoms with Crippen LogP contribution in [-0.4, -0.2) is 67.3 Å². The molecule has 204 valence electrons. The van der Waals surface area contributed by atoms with Gasteiger partial charge in [0.1, 0.15) is 23.8 Å². The van der Waals surface area contributed by atoms with Gasteiger partial charge in [0.25, 0.3) is 5.89 Å². The number of nitrogens with zero attached hydrogens (tertiary/aromatic N) is 5. The van der Waals surface area contributed by atoms with Gasteiger partial charge >= 0.3 is 12.1 Å². The van der Waals surface area contributed by atoms with Crippen molar-refractivity contribution in [2.24, 2.45) is 0 Å². The summed E-state index contributed by atoms with van der Waals surface area (Å²) >= 11 is 0. The van der Waals surface area contributed by atoms with E-state index in [0.717, 1.165) is 11.1 Å². The fourth-order valence-electron chi connectivity index (χ4n) is 3.40. The number of carboxylic acids is 1. The number of halogens is 4. The summed E-state index contributed by atoms with van der Waals surface area (Å²) in [6.45, 7) is 1.11. The van der Waals surface area contributed by atoms with Gasteiger partial charge in [0.2, 0.25) is 5.82 Å². The summed E-state index contributed by atoms with van der Waals surface area (Å²) in [6.07, 6.45) is 0.147. The number of alkyl halides is 3. The summed E-state index contributed by atoms with van der Waals surface area (Å²) in [5.74, 6) is -2.33. The molecule has 0 bridgehead atoms. The number of imidazole rings is 1. The van der Waals surface area contributed by atoms with E-state index < -0.39 is 12.1 Å². The van der Waals surface area contributed by atoms with Crippen molar-refractivity contribution in [1.82, 2.24) is 29.7 Å². The third-order valence-corrected chi connectivity index (χ3v) is 5.20. The summed E-state index contributed by atoms with van der Waals surface area (Å²) in [6, 6.07) is 10.3. The molecular weight excluding hydrogens is 528 g/mol. The third-order valence-electron chi connectivity index (χ3n) is 5.20. The van der Waals surface area contributed by atoms with E-state index in [0.29, 0.717) is 47.5 Å². The van der Waals surface area contributed by atoms with Crippen molar-refractivity contribution in [3.05, 3.63) is 66.7 Å². The number of ether oxygens (including phenoxy) is 2. The minimum Gasteiger partial charge on any atom is -0.475 e. The Hall–Kier alpha value is -4.63. The van der Waals surface area contributed by atoms with Gasteiger partial charge in [0, 0.05) is 30.0 Å². The molecule has 0 amide bonds. The van der Waals surface area contributed by atoms with Crippen LogP contribution in [0, 0.1) is 5.82 Å². The molecule has 1 aromatic carbocycles. The van der Waals surface area contributed by atoms with Gasteiger partial charge in [-0.3, -0.25) is 9.50 Å². The van der Waals surface area contributed by atoms with Crippen LogP contribution < -0.4 is 0 Å². The lowest BCUT2D eigenvalue weighted by Gasteiger charge is -2.06. The van der Waals surface area contributed by atoms with E-state index in [9.17, 15) is 17.6 Å². The number of aromatic amines is 1. The molecule has 11 nitrogen and oxygen atoms in total. The van der Waals surface area contributed by atoms with Gasteiger partial charge < -0.3 is 19.1 Å². The maximum absolute atomic E-state index is 14.4. The zero-order valence-corrected chi connectivity index (χ0v) is 20.1. The summed E-state index contributed by atoms with van der Waals surface area (Å²) in [5, 5.41) is 18.2. The van der Waals surface area contributed by atoms with Gasteiger partial charge in [-0.25, -0.2) is 14.2 Å². The molecule has 5 rings (SSSR count). The number of benzene rings is 1. The molecule has 0 atom stereocenters. The number of rotatable bonds is 8. The normalized spacial score (nSPS) is 11.4. The Morgan fingerprint density at radius 2 is 1.90 bits per heavy atom. The maximum Gasteiger partial charge on any atom is 0.490 e. The SMILES string of the molecule is COCCOCc1nc(-c2cnc3ccc(-c4cn[nH]c4-c4ccccc4F)cn23)no1.O=C(O)C(F)(F)F. The van der Waals surface area contributed by atoms with E-state index in [1.165, 1.54) is 6.07 Å². The lowest BCUT2D eigenvalue weighted by atomic mass is 10.0. The second-order valence-electron chi connectivity index (χ2n) is 7.79. The summed E-state index contributed by atoms with van der Waals surface area (Å²) in [7, 11) is 1.61. The number of hydrogen-bond acceptors (Lipinski definition) is 8. The highest BCUT2D eigenvalue weighted by atomic mass is 19.4. The number of nitrogens with one attached hydrogen (secondary N) is 1. The van der Waals surface area contributed by atoms with Crippen molar-refractivity contribution < 1.29 is 41.5 Å². The molecule has 0 radical (unpaired) electrons. The van der Waals surface area contributed by atoms with Crippen molar-refractivity contribution in [2.45, 2.75) is 12.8 Å². The van der Waals surface area contributed by atoms with Crippen LogP contribution in [0.15, 0.2) is 59.5 Å². The zero-order chi connectivity index (χ0) is 28.0. The van der Waals surface area contributed by atoms with Crippen molar-refractivity contribution >= 4 is 11.6 Å². The highest BCUT2D eigenvalue weighted by molar-refractivity contribution is 5.81. The molecule has 4 heterocycles. The van der Waals surface area contributed by atoms with E-state index in [4.69, 9.17) is 23.9 Å². The topological polar surface area (TPSA) is 141 Å². The van der Waals surface area contributed by atoms with Crippen molar-refractivity contribution in [1.29, 1.82) is 0 Å². The number of H-pyrrole nitrogens is 1. The fourth-order valence-corrected chi connectivity index (χ4v) is 3.40. The van der Waals surface area contributed by atoms with Crippen molar-refractivity contribution in [3.63, 3.8) is 0 Å². The van der Waals surface area contributed by atoms with E-state index >= 15 is 0 Å². The number of methoxy groups -OCH3 is 1. The van der Waals surface area contributed by atoms with Crippen LogP contribution in [0.2, 0.25) is 0 Å². The number of pyridine rings is 1. The number of fused-ring (bicyclic) bond motifs is 1. The number of carboxylic acid groups (broad SMARTS) is 1. The fraction of sp³-hybridized carbons (Fsp3) is 0.208. The van der Waals surface area contributed by atoms with Gasteiger partial charge in [-0.15, -0.1) is 0 Å². The smallest absolute Gasteiger partial charge is 0.475 e. The molecule has 4 aromatic heterocycles. The molecule has 0 saturated heterocycles. The van der Waals surface area contributed by atoms with Crippen LogP contribution in [-0.2, 0) is 20.9 Å². The highest BCUT2D eigenvalue weighted by Gasteiger charge is 2.38. The monoisotopic (exact) mass is 548 g/mol. The summed E-state index contributed by atoms with van der Waals surface area (Å²) in [4.78, 5) is 17.7. The first-order valence-electron chi connectivity index (χ1n) is 11.1. The average Bonchev–Trinajstić information content (AvgIpc) is 3.66. The molecule has 2 N–H and O–H groups in total. The summed E-state index contributed by atoms with van der Waals surface area (Å²) < 4.78 is 63.6. The number of carbonyl (C=O) groups is 1. The Balaban J connectivity index is 0.000000448. The second-order valence-corrected chi connectivity index (χ2v) is 7.79. The third kappa shape index (κ3) is 6.45. The van der Waals surface area contributed by atoms with Crippen LogP contribution in [0.25, 0.3) is 39.5 Å². The van der Waals surface area contributed by atoms with Crippen LogP contribution in [0.3, 0.4) is 0 Å². The molecule has 0 aliphatic heterocycles. The Morgan fingerprint density at radius 1 is 1.13 bits per heavy atom. The molecule has 0 spiro atoms. The highest BCUT2D eigenvalue weighted by Crippen LogP contribution is 2.32. The Morgan fingerprint density at radius 3 is 2.62 bits per heavy atom. The van der Waals surface area contributed by atoms with Crippen molar-refractivity contribution in [2.75, 3.05) is 20.3 Å². The minimum atomic E-state index is -5.08. The molecule has 0 aliphatic rings. The average molecular weight is 548 g/mol. The molecular formula is C24H20F4N6O5. The Kier molecular flexibility index (Phi) is 8.31. The number of aromatic nitrogens is 6. The molecule has 0 unspecified atom stereocenters. The van der Waals surface area contributed by atoms with E-state index in [1.54, 1.807) is 37.7 Å². The molecule has 0 aliphatic carbocycles. The zero-order valence-electron chi connectivity index (χ0n) is 20.1. The van der Waals surface area contributed by atoms with Crippen LogP contribution in [0.5, 0.6) is 0 Å². The molecule has 0 saturated carbocycles. The predicted molar refractivity (Wildman–Crippen MR) is 127 cm³/mol. The van der Waals surface area contributed by atoms with Crippen LogP contribution in [0.1, 0.15) is 5.89 Å². The van der Waals surface area contributed by atoms with Gasteiger partial charge in [-0.1, -0.05) is 17.3 Å². The molecule has 5 aromatic rings. The van der Waals surface area contributed by atoms with E-state index in [-0.39, 0.29) is 12.4 Å². The van der Waals surface area contributed by atoms with Gasteiger partial charge in [-0.05, 0) is 24.3 Å². The molecule has 15 heteroatoms. The largest absolute Gasteiger partial charge is 0.490 e. The van der Waals surface area contributed by atoms with Gasteiger partial charge in [0.05, 0.1) is 31.3 Å². The van der Waals surface area contributed by atoms with Gasteiger partial charge in [0.15, 0.2) is 0 Å². The molecule has 39 heavy (non-hydrogen) atoms. The Bertz CT molecular complexity index is 1560. The number of aliphatic carboxylic acids is 1. The first kappa shape index (κ1) is 27.4. The van der Waals surface area contributed by atoms with E-state index in [2.05, 4.69) is 25.3 Å². The van der Waals surface area contributed by atoms with E-state index in [1.807, 2.05) is 22.7 Å². The lowest BCUT2D eigenvalue weighted by molar-refractivity contribution is -0.192. The summed E-state index contributed by atoms with van der Waals surface area (Å²) in [5.41, 5.74) is 4.00. The second kappa shape index (κ2) is 11.8. The lowest BCUT2D eigenvalue weighted by Crippen LogP contribution is -2.21. The standard InChI is InChI=1S/C22H19FN6O3.C2HF3O2/c1-30-8-9-31-13-20-26-22(28-32-20)18-11-24-19-7-6-14(12-29(18)19)16-10-25-27-21(16)15-4-2-3-5-17(15)23;3-2(4,5)1(6)7/h2-7,10-12H,8-9,13H2,1H3,(H,25,27);(H,6,7). The first-order chi connectivity index (χ1) is 18.7. The first-order valence-corrected chi connectivity index (χ1v) is 11.1. The van der Waals surface area contributed by atoms with Gasteiger partial charge in [-0.2, -0.15) is 23.3 Å². The quantitative estimate of drug-likeness (QED) is 0.214. The predicted octanol–water partition coefficient (Wildman–Crippen LogP) is 4.38.